The monoisotopic (exact) mass is 505 g/mol. The van der Waals surface area contributed by atoms with E-state index in [0.717, 1.165) is 5.56 Å². The third kappa shape index (κ3) is 5.55. The minimum absolute atomic E-state index is 0.00226. The smallest absolute Gasteiger partial charge is 0.295 e. The van der Waals surface area contributed by atoms with Gasteiger partial charge in [-0.25, -0.2) is 0 Å². The number of phenolic OH excluding ortho intramolecular Hbond substituents is 1. The molecule has 0 spiro atoms. The quantitative estimate of drug-likeness (QED) is 0.231. The second-order valence-electron chi connectivity index (χ2n) is 9.19. The van der Waals surface area contributed by atoms with Crippen molar-refractivity contribution in [1.82, 2.24) is 4.90 Å². The predicted molar refractivity (Wildman–Crippen MR) is 139 cm³/mol. The van der Waals surface area contributed by atoms with Crippen molar-refractivity contribution in [3.63, 3.8) is 0 Å². The number of nitrogens with zero attached hydrogens (tertiary/aromatic N) is 1. The molecule has 0 saturated carbocycles. The predicted octanol–water partition coefficient (Wildman–Crippen LogP) is 5.74. The molecule has 2 N–H and O–H groups in total. The molecule has 1 fully saturated rings. The van der Waals surface area contributed by atoms with Crippen LogP contribution in [0.5, 0.6) is 11.5 Å². The number of Topliss-reactive ketones (excluding diaryl/α,β-unsaturated/α-hetero) is 1. The summed E-state index contributed by atoms with van der Waals surface area (Å²) in [6.07, 6.45) is 0.488. The van der Waals surface area contributed by atoms with E-state index in [-0.39, 0.29) is 23.6 Å². The molecule has 0 aromatic heterocycles. The van der Waals surface area contributed by atoms with Crippen LogP contribution < -0.4 is 4.74 Å². The molecule has 3 aromatic rings. The third-order valence-corrected chi connectivity index (χ3v) is 6.24. The molecule has 1 aliphatic rings. The standard InChI is InChI=1S/C29H28ClNO5/c1-18(2)17-36-24-12-8-20(9-13-24)27(33)25-26(21-4-3-5-23(32)16-21)31(29(35)28(25)34)15-14-19-6-10-22(30)11-7-19/h3-13,16,18,26,32-33H,14-15,17H2,1-2H3/b27-25-. The van der Waals surface area contributed by atoms with Crippen LogP contribution in [-0.2, 0) is 16.0 Å². The van der Waals surface area contributed by atoms with E-state index in [1.807, 2.05) is 26.0 Å². The summed E-state index contributed by atoms with van der Waals surface area (Å²) in [5.41, 5.74) is 1.86. The van der Waals surface area contributed by atoms with Gasteiger partial charge in [0.05, 0.1) is 18.2 Å². The van der Waals surface area contributed by atoms with Crippen molar-refractivity contribution >= 4 is 29.1 Å². The first-order chi connectivity index (χ1) is 17.2. The van der Waals surface area contributed by atoms with Gasteiger partial charge in [0.1, 0.15) is 17.3 Å². The van der Waals surface area contributed by atoms with Crippen LogP contribution in [0.1, 0.15) is 36.6 Å². The number of phenols is 1. The Morgan fingerprint density at radius 3 is 2.36 bits per heavy atom. The number of hydrogen-bond donors (Lipinski definition) is 2. The van der Waals surface area contributed by atoms with Gasteiger partial charge in [0.2, 0.25) is 0 Å². The Kier molecular flexibility index (Phi) is 7.65. The van der Waals surface area contributed by atoms with Crippen molar-refractivity contribution in [3.8, 4) is 11.5 Å². The molecule has 1 unspecified atom stereocenters. The molecule has 1 heterocycles. The first kappa shape index (κ1) is 25.3. The van der Waals surface area contributed by atoms with Gasteiger partial charge < -0.3 is 19.8 Å². The molecule has 6 nitrogen and oxygen atoms in total. The summed E-state index contributed by atoms with van der Waals surface area (Å²) in [6, 6.07) is 19.6. The van der Waals surface area contributed by atoms with Crippen LogP contribution in [0.3, 0.4) is 0 Å². The summed E-state index contributed by atoms with van der Waals surface area (Å²) in [4.78, 5) is 27.8. The number of ketones is 1. The fourth-order valence-electron chi connectivity index (χ4n) is 4.18. The fourth-order valence-corrected chi connectivity index (χ4v) is 4.31. The van der Waals surface area contributed by atoms with Crippen molar-refractivity contribution in [1.29, 1.82) is 0 Å². The van der Waals surface area contributed by atoms with E-state index in [4.69, 9.17) is 16.3 Å². The summed E-state index contributed by atoms with van der Waals surface area (Å²) < 4.78 is 5.70. The molecule has 4 rings (SSSR count). The maximum Gasteiger partial charge on any atom is 0.295 e. The largest absolute Gasteiger partial charge is 0.508 e. The molecule has 36 heavy (non-hydrogen) atoms. The second kappa shape index (κ2) is 10.9. The van der Waals surface area contributed by atoms with Gasteiger partial charge in [-0.2, -0.15) is 0 Å². The molecule has 1 atom stereocenters. The van der Waals surface area contributed by atoms with Crippen LogP contribution in [0, 0.1) is 5.92 Å². The second-order valence-corrected chi connectivity index (χ2v) is 9.63. The number of aliphatic hydroxyl groups excluding tert-OH is 1. The zero-order chi connectivity index (χ0) is 25.8. The maximum atomic E-state index is 13.2. The van der Waals surface area contributed by atoms with Crippen LogP contribution >= 0.6 is 11.6 Å². The average molecular weight is 506 g/mol. The SMILES string of the molecule is CC(C)COc1ccc(/C(O)=C2/C(=O)C(=O)N(CCc3ccc(Cl)cc3)C2c2cccc(O)c2)cc1. The Morgan fingerprint density at radius 1 is 1.03 bits per heavy atom. The third-order valence-electron chi connectivity index (χ3n) is 5.99. The minimum Gasteiger partial charge on any atom is -0.508 e. The molecule has 0 radical (unpaired) electrons. The molecular formula is C29H28ClNO5. The number of benzene rings is 3. The number of hydrogen-bond acceptors (Lipinski definition) is 5. The number of likely N-dealkylation sites (tertiary alicyclic amines) is 1. The molecule has 1 aliphatic heterocycles. The maximum absolute atomic E-state index is 13.2. The Hall–Kier alpha value is -3.77. The number of rotatable bonds is 8. The van der Waals surface area contributed by atoms with Crippen LogP contribution in [0.25, 0.3) is 5.76 Å². The fraction of sp³-hybridized carbons (Fsp3) is 0.241. The van der Waals surface area contributed by atoms with E-state index in [9.17, 15) is 19.8 Å². The summed E-state index contributed by atoms with van der Waals surface area (Å²) in [7, 11) is 0. The van der Waals surface area contributed by atoms with Crippen LogP contribution in [0.15, 0.2) is 78.4 Å². The van der Waals surface area contributed by atoms with Crippen molar-refractivity contribution in [2.45, 2.75) is 26.3 Å². The van der Waals surface area contributed by atoms with Gasteiger partial charge >= 0.3 is 0 Å². The molecule has 0 aliphatic carbocycles. The molecular weight excluding hydrogens is 478 g/mol. The minimum atomic E-state index is -0.846. The topological polar surface area (TPSA) is 87.1 Å². The number of aromatic hydroxyl groups is 1. The van der Waals surface area contributed by atoms with Crippen molar-refractivity contribution in [2.75, 3.05) is 13.2 Å². The summed E-state index contributed by atoms with van der Waals surface area (Å²) >= 11 is 5.98. The normalized spacial score (nSPS) is 17.1. The molecule has 1 saturated heterocycles. The van der Waals surface area contributed by atoms with Gasteiger partial charge in [-0.05, 0) is 72.0 Å². The molecule has 3 aromatic carbocycles. The molecule has 7 heteroatoms. The van der Waals surface area contributed by atoms with Gasteiger partial charge in [-0.1, -0.05) is 49.7 Å². The Morgan fingerprint density at radius 2 is 1.72 bits per heavy atom. The van der Waals surface area contributed by atoms with E-state index >= 15 is 0 Å². The summed E-state index contributed by atoms with van der Waals surface area (Å²) in [5, 5.41) is 21.9. The number of carbonyl (C=O) groups excluding carboxylic acids is 2. The first-order valence-electron chi connectivity index (χ1n) is 11.8. The van der Waals surface area contributed by atoms with Crippen molar-refractivity contribution < 1.29 is 24.5 Å². The lowest BCUT2D eigenvalue weighted by molar-refractivity contribution is -0.139. The van der Waals surface area contributed by atoms with Crippen molar-refractivity contribution in [2.24, 2.45) is 5.92 Å². The van der Waals surface area contributed by atoms with E-state index < -0.39 is 17.7 Å². The molecule has 0 bridgehead atoms. The van der Waals surface area contributed by atoms with Crippen LogP contribution in [0.4, 0.5) is 0 Å². The van der Waals surface area contributed by atoms with E-state index in [0.29, 0.717) is 40.8 Å². The Balaban J connectivity index is 1.70. The lowest BCUT2D eigenvalue weighted by atomic mass is 9.95. The lowest BCUT2D eigenvalue weighted by Crippen LogP contribution is -2.31. The zero-order valence-electron chi connectivity index (χ0n) is 20.1. The van der Waals surface area contributed by atoms with Crippen LogP contribution in [-0.4, -0.2) is 40.0 Å². The Labute approximate surface area is 215 Å². The van der Waals surface area contributed by atoms with E-state index in [1.165, 1.54) is 17.0 Å². The number of amides is 1. The first-order valence-corrected chi connectivity index (χ1v) is 12.2. The number of ether oxygens (including phenoxy) is 1. The van der Waals surface area contributed by atoms with Gasteiger partial charge in [0, 0.05) is 17.1 Å². The molecule has 1 amide bonds. The van der Waals surface area contributed by atoms with E-state index in [2.05, 4.69) is 0 Å². The zero-order valence-corrected chi connectivity index (χ0v) is 20.9. The lowest BCUT2D eigenvalue weighted by Gasteiger charge is -2.25. The van der Waals surface area contributed by atoms with Gasteiger partial charge in [0.25, 0.3) is 11.7 Å². The number of carbonyl (C=O) groups is 2. The highest BCUT2D eigenvalue weighted by Gasteiger charge is 2.45. The summed E-state index contributed by atoms with van der Waals surface area (Å²) in [5.74, 6) is -0.723. The Bertz CT molecular complexity index is 1280. The number of aliphatic hydroxyl groups is 1. The van der Waals surface area contributed by atoms with Gasteiger partial charge in [0.15, 0.2) is 0 Å². The average Bonchev–Trinajstić information content (AvgIpc) is 3.12. The van der Waals surface area contributed by atoms with E-state index in [1.54, 1.807) is 48.5 Å². The summed E-state index contributed by atoms with van der Waals surface area (Å²) in [6.45, 7) is 4.90. The van der Waals surface area contributed by atoms with Crippen LogP contribution in [0.2, 0.25) is 5.02 Å². The van der Waals surface area contributed by atoms with Crippen molar-refractivity contribution in [3.05, 3.63) is 100 Å². The molecule has 186 valence electrons. The highest BCUT2D eigenvalue weighted by atomic mass is 35.5. The van der Waals surface area contributed by atoms with Gasteiger partial charge in [-0.15, -0.1) is 0 Å². The number of halogens is 1. The highest BCUT2D eigenvalue weighted by molar-refractivity contribution is 6.46. The van der Waals surface area contributed by atoms with Gasteiger partial charge in [-0.3, -0.25) is 9.59 Å². The highest BCUT2D eigenvalue weighted by Crippen LogP contribution is 2.40.